The average molecular weight is 314 g/mol. The summed E-state index contributed by atoms with van der Waals surface area (Å²) in [6.45, 7) is 7.54. The van der Waals surface area contributed by atoms with Gasteiger partial charge < -0.3 is 15.0 Å². The van der Waals surface area contributed by atoms with E-state index < -0.39 is 0 Å². The van der Waals surface area contributed by atoms with E-state index in [1.165, 1.54) is 0 Å². The summed E-state index contributed by atoms with van der Waals surface area (Å²) in [6, 6.07) is 7.57. The molecule has 1 fully saturated rings. The van der Waals surface area contributed by atoms with Crippen molar-refractivity contribution in [3.8, 4) is 0 Å². The second kappa shape index (κ2) is 6.42. The van der Waals surface area contributed by atoms with Gasteiger partial charge in [0.25, 0.3) is 0 Å². The van der Waals surface area contributed by atoms with Crippen molar-refractivity contribution in [3.63, 3.8) is 0 Å². The summed E-state index contributed by atoms with van der Waals surface area (Å²) < 4.78 is 5.60. The Kier molecular flexibility index (Phi) is 4.34. The number of urea groups is 1. The van der Waals surface area contributed by atoms with Crippen molar-refractivity contribution in [2.24, 2.45) is 0 Å². The Morgan fingerprint density at radius 2 is 2.04 bits per heavy atom. The number of carbonyl (C=O) groups excluding carboxylic acids is 1. The quantitative estimate of drug-likeness (QED) is 0.895. The first-order valence-electron chi connectivity index (χ1n) is 7.80. The molecular weight excluding hydrogens is 292 g/mol. The zero-order chi connectivity index (χ0) is 16.4. The standard InChI is InChI=1S/C17H22N4O2/c1-11-4-6-14(7-5-11)18-17(22)21-8-9-23-10-15(21)16-12(2)19-20-13(16)3/h4-7,15H,8-10H2,1-3H3,(H,18,22)(H,19,20)/t15-/m0/s1. The molecule has 0 saturated carbocycles. The van der Waals surface area contributed by atoms with Gasteiger partial charge in [0.15, 0.2) is 0 Å². The minimum absolute atomic E-state index is 0.109. The Labute approximate surface area is 135 Å². The van der Waals surface area contributed by atoms with E-state index in [9.17, 15) is 4.79 Å². The van der Waals surface area contributed by atoms with Gasteiger partial charge in [0.2, 0.25) is 0 Å². The van der Waals surface area contributed by atoms with E-state index in [-0.39, 0.29) is 12.1 Å². The number of nitrogens with zero attached hydrogens (tertiary/aromatic N) is 2. The minimum atomic E-state index is -0.118. The molecule has 1 aliphatic rings. The maximum atomic E-state index is 12.7. The van der Waals surface area contributed by atoms with Crippen molar-refractivity contribution in [2.75, 3.05) is 25.1 Å². The summed E-state index contributed by atoms with van der Waals surface area (Å²) in [5.74, 6) is 0. The lowest BCUT2D eigenvalue weighted by molar-refractivity contribution is 0.0143. The minimum Gasteiger partial charge on any atom is -0.377 e. The molecule has 6 heteroatoms. The zero-order valence-electron chi connectivity index (χ0n) is 13.7. The Balaban J connectivity index is 1.81. The molecule has 6 nitrogen and oxygen atoms in total. The van der Waals surface area contributed by atoms with Crippen LogP contribution in [0.5, 0.6) is 0 Å². The van der Waals surface area contributed by atoms with Crippen LogP contribution in [-0.2, 0) is 4.74 Å². The number of carbonyl (C=O) groups is 1. The van der Waals surface area contributed by atoms with Crippen LogP contribution < -0.4 is 5.32 Å². The normalized spacial score (nSPS) is 18.0. The van der Waals surface area contributed by atoms with Gasteiger partial charge in [0.1, 0.15) is 0 Å². The molecule has 2 heterocycles. The van der Waals surface area contributed by atoms with Gasteiger partial charge >= 0.3 is 6.03 Å². The van der Waals surface area contributed by atoms with Crippen LogP contribution in [0, 0.1) is 20.8 Å². The molecule has 0 aliphatic carbocycles. The highest BCUT2D eigenvalue weighted by atomic mass is 16.5. The van der Waals surface area contributed by atoms with E-state index >= 15 is 0 Å². The molecular formula is C17H22N4O2. The Bertz CT molecular complexity index is 674. The molecule has 0 spiro atoms. The van der Waals surface area contributed by atoms with Gasteiger partial charge in [0.05, 0.1) is 24.9 Å². The second-order valence-corrected chi connectivity index (χ2v) is 5.93. The van der Waals surface area contributed by atoms with Crippen molar-refractivity contribution in [3.05, 3.63) is 46.8 Å². The highest BCUT2D eigenvalue weighted by Crippen LogP contribution is 2.28. The Hall–Kier alpha value is -2.34. The van der Waals surface area contributed by atoms with Crippen molar-refractivity contribution in [2.45, 2.75) is 26.8 Å². The number of ether oxygens (including phenoxy) is 1. The molecule has 2 N–H and O–H groups in total. The molecule has 0 radical (unpaired) electrons. The summed E-state index contributed by atoms with van der Waals surface area (Å²) in [5, 5.41) is 10.2. The van der Waals surface area contributed by atoms with E-state index in [1.807, 2.05) is 49.9 Å². The van der Waals surface area contributed by atoms with Gasteiger partial charge in [-0.3, -0.25) is 5.10 Å². The first kappa shape index (κ1) is 15.6. The van der Waals surface area contributed by atoms with Crippen molar-refractivity contribution < 1.29 is 9.53 Å². The molecule has 1 aromatic carbocycles. The topological polar surface area (TPSA) is 70.2 Å². The molecule has 23 heavy (non-hydrogen) atoms. The summed E-state index contributed by atoms with van der Waals surface area (Å²) in [7, 11) is 0. The van der Waals surface area contributed by atoms with Crippen LogP contribution in [-0.4, -0.2) is 40.9 Å². The van der Waals surface area contributed by atoms with Gasteiger partial charge in [-0.1, -0.05) is 17.7 Å². The van der Waals surface area contributed by atoms with Crippen molar-refractivity contribution >= 4 is 11.7 Å². The van der Waals surface area contributed by atoms with Crippen molar-refractivity contribution in [1.29, 1.82) is 0 Å². The number of anilines is 1. The number of H-pyrrole nitrogens is 1. The summed E-state index contributed by atoms with van der Waals surface area (Å²) in [6.07, 6.45) is 0. The number of hydrogen-bond donors (Lipinski definition) is 2. The zero-order valence-corrected chi connectivity index (χ0v) is 13.7. The van der Waals surface area contributed by atoms with E-state index in [0.29, 0.717) is 19.8 Å². The van der Waals surface area contributed by atoms with Crippen LogP contribution in [0.1, 0.15) is 28.6 Å². The number of aryl methyl sites for hydroxylation is 3. The van der Waals surface area contributed by atoms with E-state index in [2.05, 4.69) is 15.5 Å². The molecule has 122 valence electrons. The third kappa shape index (κ3) is 3.22. The molecule has 0 bridgehead atoms. The third-order valence-electron chi connectivity index (χ3n) is 4.21. The molecule has 1 atom stereocenters. The number of benzene rings is 1. The van der Waals surface area contributed by atoms with Crippen LogP contribution in [0.2, 0.25) is 0 Å². The number of nitrogens with one attached hydrogen (secondary N) is 2. The largest absolute Gasteiger partial charge is 0.377 e. The summed E-state index contributed by atoms with van der Waals surface area (Å²) in [4.78, 5) is 14.5. The molecule has 2 amide bonds. The SMILES string of the molecule is Cc1ccc(NC(=O)N2CCOC[C@H]2c2c(C)n[nH]c2C)cc1. The lowest BCUT2D eigenvalue weighted by atomic mass is 10.0. The first-order valence-corrected chi connectivity index (χ1v) is 7.80. The molecule has 3 rings (SSSR count). The fraction of sp³-hybridized carbons (Fsp3) is 0.412. The lowest BCUT2D eigenvalue weighted by Gasteiger charge is -2.35. The van der Waals surface area contributed by atoms with Gasteiger partial charge in [0, 0.05) is 23.5 Å². The maximum absolute atomic E-state index is 12.7. The van der Waals surface area contributed by atoms with E-state index in [4.69, 9.17) is 4.74 Å². The van der Waals surface area contributed by atoms with E-state index in [1.54, 1.807) is 0 Å². The van der Waals surface area contributed by atoms with Gasteiger partial charge in [-0.2, -0.15) is 5.10 Å². The average Bonchev–Trinajstić information content (AvgIpc) is 2.88. The summed E-state index contributed by atoms with van der Waals surface area (Å²) >= 11 is 0. The van der Waals surface area contributed by atoms with Gasteiger partial charge in [-0.05, 0) is 32.9 Å². The van der Waals surface area contributed by atoms with Crippen molar-refractivity contribution in [1.82, 2.24) is 15.1 Å². The highest BCUT2D eigenvalue weighted by Gasteiger charge is 2.31. The van der Waals surface area contributed by atoms with Gasteiger partial charge in [-0.25, -0.2) is 4.79 Å². The summed E-state index contributed by atoms with van der Waals surface area (Å²) in [5.41, 5.74) is 4.89. The second-order valence-electron chi connectivity index (χ2n) is 5.93. The smallest absolute Gasteiger partial charge is 0.322 e. The molecule has 1 aliphatic heterocycles. The van der Waals surface area contributed by atoms with Crippen LogP contribution >= 0.6 is 0 Å². The number of aromatic nitrogens is 2. The fourth-order valence-electron chi connectivity index (χ4n) is 2.97. The fourth-order valence-corrected chi connectivity index (χ4v) is 2.97. The Morgan fingerprint density at radius 3 is 2.70 bits per heavy atom. The molecule has 1 saturated heterocycles. The number of aromatic amines is 1. The van der Waals surface area contributed by atoms with Crippen LogP contribution in [0.4, 0.5) is 10.5 Å². The molecule has 2 aromatic rings. The highest BCUT2D eigenvalue weighted by molar-refractivity contribution is 5.89. The van der Waals surface area contributed by atoms with Crippen LogP contribution in [0.15, 0.2) is 24.3 Å². The lowest BCUT2D eigenvalue weighted by Crippen LogP contribution is -2.45. The number of amides is 2. The predicted molar refractivity (Wildman–Crippen MR) is 88.5 cm³/mol. The van der Waals surface area contributed by atoms with E-state index in [0.717, 1.165) is 28.2 Å². The first-order chi connectivity index (χ1) is 11.1. The monoisotopic (exact) mass is 314 g/mol. The number of hydrogen-bond acceptors (Lipinski definition) is 3. The van der Waals surface area contributed by atoms with Crippen LogP contribution in [0.3, 0.4) is 0 Å². The maximum Gasteiger partial charge on any atom is 0.322 e. The molecule has 0 unspecified atom stereocenters. The predicted octanol–water partition coefficient (Wildman–Crippen LogP) is 2.94. The third-order valence-corrected chi connectivity index (χ3v) is 4.21. The number of morpholine rings is 1. The van der Waals surface area contributed by atoms with Gasteiger partial charge in [-0.15, -0.1) is 0 Å². The van der Waals surface area contributed by atoms with Crippen LogP contribution in [0.25, 0.3) is 0 Å². The Morgan fingerprint density at radius 1 is 1.30 bits per heavy atom. The molecule has 1 aromatic heterocycles. The number of rotatable bonds is 2.